The zero-order chi connectivity index (χ0) is 15.1. The molecule has 20 heavy (non-hydrogen) atoms. The summed E-state index contributed by atoms with van der Waals surface area (Å²) >= 11 is 11.9. The number of imide groups is 1. The maximum atomic E-state index is 11.5. The Hall–Kier alpha value is -1.30. The van der Waals surface area contributed by atoms with E-state index < -0.39 is 11.9 Å². The van der Waals surface area contributed by atoms with Crippen LogP contribution in [0.25, 0.3) is 0 Å². The molecule has 0 saturated carbocycles. The summed E-state index contributed by atoms with van der Waals surface area (Å²) in [4.78, 5) is 22.7. The van der Waals surface area contributed by atoms with E-state index in [1.54, 1.807) is 25.1 Å². The zero-order valence-corrected chi connectivity index (χ0v) is 12.8. The van der Waals surface area contributed by atoms with Crippen molar-refractivity contribution in [1.82, 2.24) is 16.0 Å². The van der Waals surface area contributed by atoms with Gasteiger partial charge in [0.25, 0.3) is 0 Å². The Balaban J connectivity index is 2.48. The third-order valence-corrected chi connectivity index (χ3v) is 3.15. The Kier molecular flexibility index (Phi) is 6.78. The molecule has 0 aliphatic carbocycles. The number of hydrogen-bond donors (Lipinski definition) is 3. The number of amides is 3. The molecule has 3 amide bonds. The van der Waals surface area contributed by atoms with Crippen LogP contribution in [0.1, 0.15) is 25.5 Å². The van der Waals surface area contributed by atoms with Crippen molar-refractivity contribution in [2.75, 3.05) is 13.1 Å². The van der Waals surface area contributed by atoms with Crippen LogP contribution in [0.5, 0.6) is 0 Å². The van der Waals surface area contributed by atoms with E-state index in [1.165, 1.54) is 0 Å². The third-order valence-electron chi connectivity index (χ3n) is 2.59. The van der Waals surface area contributed by atoms with Gasteiger partial charge in [0.1, 0.15) is 0 Å². The van der Waals surface area contributed by atoms with E-state index in [2.05, 4.69) is 16.0 Å². The van der Waals surface area contributed by atoms with Crippen LogP contribution in [-0.2, 0) is 4.79 Å². The monoisotopic (exact) mass is 317 g/mol. The highest BCUT2D eigenvalue weighted by molar-refractivity contribution is 6.35. The SMILES string of the molecule is CCNC(=O)NC(=O)CN[C@H](C)c1ccc(Cl)cc1Cl. The predicted molar refractivity (Wildman–Crippen MR) is 80.1 cm³/mol. The Labute approximate surface area is 128 Å². The number of nitrogens with one attached hydrogen (secondary N) is 3. The van der Waals surface area contributed by atoms with Gasteiger partial charge in [0, 0.05) is 22.6 Å². The molecule has 1 aromatic rings. The molecule has 110 valence electrons. The highest BCUT2D eigenvalue weighted by Crippen LogP contribution is 2.25. The molecule has 0 saturated heterocycles. The van der Waals surface area contributed by atoms with Crippen LogP contribution in [0.15, 0.2) is 18.2 Å². The van der Waals surface area contributed by atoms with E-state index in [4.69, 9.17) is 23.2 Å². The molecular formula is C13H17Cl2N3O2. The number of hydrogen-bond acceptors (Lipinski definition) is 3. The highest BCUT2D eigenvalue weighted by atomic mass is 35.5. The van der Waals surface area contributed by atoms with Gasteiger partial charge in [-0.2, -0.15) is 0 Å². The van der Waals surface area contributed by atoms with Crippen LogP contribution in [0, 0.1) is 0 Å². The van der Waals surface area contributed by atoms with Gasteiger partial charge >= 0.3 is 6.03 Å². The first-order chi connectivity index (χ1) is 9.43. The van der Waals surface area contributed by atoms with Crippen molar-refractivity contribution < 1.29 is 9.59 Å². The van der Waals surface area contributed by atoms with E-state index in [0.717, 1.165) is 5.56 Å². The summed E-state index contributed by atoms with van der Waals surface area (Å²) in [6.07, 6.45) is 0. The summed E-state index contributed by atoms with van der Waals surface area (Å²) < 4.78 is 0. The van der Waals surface area contributed by atoms with E-state index in [0.29, 0.717) is 16.6 Å². The lowest BCUT2D eigenvalue weighted by Gasteiger charge is -2.15. The van der Waals surface area contributed by atoms with Crippen LogP contribution in [-0.4, -0.2) is 25.0 Å². The fraction of sp³-hybridized carbons (Fsp3) is 0.385. The molecular weight excluding hydrogens is 301 g/mol. The highest BCUT2D eigenvalue weighted by Gasteiger charge is 2.12. The quantitative estimate of drug-likeness (QED) is 0.781. The molecule has 0 unspecified atom stereocenters. The van der Waals surface area contributed by atoms with Crippen molar-refractivity contribution in [3.8, 4) is 0 Å². The van der Waals surface area contributed by atoms with Crippen LogP contribution in [0.4, 0.5) is 4.79 Å². The molecule has 0 aromatic heterocycles. The number of carbonyl (C=O) groups excluding carboxylic acids is 2. The van der Waals surface area contributed by atoms with Gasteiger partial charge in [-0.25, -0.2) is 4.79 Å². The summed E-state index contributed by atoms with van der Waals surface area (Å²) in [7, 11) is 0. The van der Waals surface area contributed by atoms with Gasteiger partial charge < -0.3 is 10.6 Å². The molecule has 3 N–H and O–H groups in total. The van der Waals surface area contributed by atoms with Crippen molar-refractivity contribution in [1.29, 1.82) is 0 Å². The first kappa shape index (κ1) is 16.8. The van der Waals surface area contributed by atoms with Gasteiger partial charge in [-0.1, -0.05) is 29.3 Å². The summed E-state index contributed by atoms with van der Waals surface area (Å²) in [5, 5.41) is 8.75. The second-order valence-electron chi connectivity index (χ2n) is 4.18. The van der Waals surface area contributed by atoms with Gasteiger partial charge in [-0.05, 0) is 31.5 Å². The van der Waals surface area contributed by atoms with E-state index in [-0.39, 0.29) is 12.6 Å². The van der Waals surface area contributed by atoms with Crippen molar-refractivity contribution >= 4 is 35.1 Å². The minimum absolute atomic E-state index is 0.0112. The lowest BCUT2D eigenvalue weighted by atomic mass is 10.1. The standard InChI is InChI=1S/C13H17Cl2N3O2/c1-3-16-13(20)18-12(19)7-17-8(2)10-5-4-9(14)6-11(10)15/h4-6,8,17H,3,7H2,1-2H3,(H2,16,18,19,20)/t8-/m1/s1. The largest absolute Gasteiger partial charge is 0.338 e. The van der Waals surface area contributed by atoms with Crippen molar-refractivity contribution in [3.63, 3.8) is 0 Å². The number of rotatable bonds is 5. The molecule has 0 aliphatic heterocycles. The lowest BCUT2D eigenvalue weighted by molar-refractivity contribution is -0.119. The van der Waals surface area contributed by atoms with Gasteiger partial charge in [-0.15, -0.1) is 0 Å². The molecule has 0 bridgehead atoms. The average Bonchev–Trinajstić information content (AvgIpc) is 2.36. The first-order valence-electron chi connectivity index (χ1n) is 6.20. The Bertz CT molecular complexity index is 495. The Morgan fingerprint density at radius 3 is 2.60 bits per heavy atom. The third kappa shape index (κ3) is 5.36. The average molecular weight is 318 g/mol. The van der Waals surface area contributed by atoms with Gasteiger partial charge in [-0.3, -0.25) is 10.1 Å². The smallest absolute Gasteiger partial charge is 0.321 e. The molecule has 1 rings (SSSR count). The second-order valence-corrected chi connectivity index (χ2v) is 5.02. The van der Waals surface area contributed by atoms with E-state index >= 15 is 0 Å². The molecule has 0 spiro atoms. The summed E-state index contributed by atoms with van der Waals surface area (Å²) in [6, 6.07) is 4.53. The molecule has 7 heteroatoms. The molecule has 1 aromatic carbocycles. The summed E-state index contributed by atoms with van der Waals surface area (Å²) in [5.74, 6) is -0.409. The Morgan fingerprint density at radius 1 is 1.30 bits per heavy atom. The lowest BCUT2D eigenvalue weighted by Crippen LogP contribution is -2.43. The minimum atomic E-state index is -0.503. The second kappa shape index (κ2) is 8.09. The van der Waals surface area contributed by atoms with Crippen LogP contribution >= 0.6 is 23.2 Å². The number of halogens is 2. The molecule has 0 aliphatic rings. The molecule has 0 radical (unpaired) electrons. The molecule has 0 heterocycles. The normalized spacial score (nSPS) is 11.8. The fourth-order valence-electron chi connectivity index (χ4n) is 1.58. The van der Waals surface area contributed by atoms with Crippen molar-refractivity contribution in [2.24, 2.45) is 0 Å². The van der Waals surface area contributed by atoms with Crippen LogP contribution in [0.3, 0.4) is 0 Å². The number of benzene rings is 1. The molecule has 5 nitrogen and oxygen atoms in total. The predicted octanol–water partition coefficient (Wildman–Crippen LogP) is 2.49. The molecule has 0 fully saturated rings. The first-order valence-corrected chi connectivity index (χ1v) is 6.95. The minimum Gasteiger partial charge on any atom is -0.338 e. The molecule has 1 atom stereocenters. The van der Waals surface area contributed by atoms with Crippen LogP contribution < -0.4 is 16.0 Å². The zero-order valence-electron chi connectivity index (χ0n) is 11.3. The summed E-state index contributed by atoms with van der Waals surface area (Å²) in [5.41, 5.74) is 0.835. The van der Waals surface area contributed by atoms with E-state index in [9.17, 15) is 9.59 Å². The van der Waals surface area contributed by atoms with Gasteiger partial charge in [0.15, 0.2) is 0 Å². The summed E-state index contributed by atoms with van der Waals surface area (Å²) in [6.45, 7) is 4.11. The van der Waals surface area contributed by atoms with Crippen molar-refractivity contribution in [2.45, 2.75) is 19.9 Å². The number of urea groups is 1. The van der Waals surface area contributed by atoms with E-state index in [1.807, 2.05) is 6.92 Å². The number of carbonyl (C=O) groups is 2. The Morgan fingerprint density at radius 2 is 2.00 bits per heavy atom. The maximum Gasteiger partial charge on any atom is 0.321 e. The van der Waals surface area contributed by atoms with Gasteiger partial charge in [0.2, 0.25) is 5.91 Å². The topological polar surface area (TPSA) is 70.2 Å². The van der Waals surface area contributed by atoms with Gasteiger partial charge in [0.05, 0.1) is 6.54 Å². The van der Waals surface area contributed by atoms with Crippen LogP contribution in [0.2, 0.25) is 10.0 Å². The van der Waals surface area contributed by atoms with Crippen molar-refractivity contribution in [3.05, 3.63) is 33.8 Å². The maximum absolute atomic E-state index is 11.5. The fourth-order valence-corrected chi connectivity index (χ4v) is 2.16.